The number of hydrogen-bond donors (Lipinski definition) is 1. The van der Waals surface area contributed by atoms with Gasteiger partial charge in [0, 0.05) is 26.2 Å². The minimum absolute atomic E-state index is 0.922. The molecule has 1 aromatic heterocycles. The molecule has 118 valence electrons. The second-order valence-corrected chi connectivity index (χ2v) is 6.33. The highest BCUT2D eigenvalue weighted by Crippen LogP contribution is 2.23. The Bertz CT molecular complexity index is 785. The third-order valence-electron chi connectivity index (χ3n) is 4.62. The number of rotatable bonds is 3. The first kappa shape index (κ1) is 14.3. The molecular formula is C19H22N4. The van der Waals surface area contributed by atoms with Gasteiger partial charge in [0.25, 0.3) is 0 Å². The van der Waals surface area contributed by atoms with Gasteiger partial charge >= 0.3 is 0 Å². The van der Waals surface area contributed by atoms with Crippen LogP contribution in [0.15, 0.2) is 48.5 Å². The first-order valence-electron chi connectivity index (χ1n) is 8.24. The van der Waals surface area contributed by atoms with Crippen LogP contribution in [0.2, 0.25) is 0 Å². The largest absolute Gasteiger partial charge is 0.340 e. The molecule has 23 heavy (non-hydrogen) atoms. The lowest BCUT2D eigenvalue weighted by Crippen LogP contribution is -2.44. The number of benzene rings is 2. The van der Waals surface area contributed by atoms with Crippen LogP contribution in [-0.2, 0) is 6.42 Å². The Morgan fingerprint density at radius 2 is 1.74 bits per heavy atom. The van der Waals surface area contributed by atoms with E-state index in [0.29, 0.717) is 0 Å². The van der Waals surface area contributed by atoms with Crippen LogP contribution in [0, 0.1) is 0 Å². The molecule has 4 nitrogen and oxygen atoms in total. The number of aromatic nitrogens is 2. The molecule has 1 aliphatic heterocycles. The first-order chi connectivity index (χ1) is 11.3. The number of aromatic amines is 1. The highest BCUT2D eigenvalue weighted by Gasteiger charge is 2.18. The third-order valence-corrected chi connectivity index (χ3v) is 4.62. The predicted octanol–water partition coefficient (Wildman–Crippen LogP) is 2.91. The fourth-order valence-corrected chi connectivity index (χ4v) is 3.20. The van der Waals surface area contributed by atoms with E-state index >= 15 is 0 Å². The zero-order valence-corrected chi connectivity index (χ0v) is 13.5. The van der Waals surface area contributed by atoms with Gasteiger partial charge in [0.2, 0.25) is 5.95 Å². The number of likely N-dealkylation sites (N-methyl/N-ethyl adjacent to an activating group) is 1. The van der Waals surface area contributed by atoms with Crippen molar-refractivity contribution in [2.24, 2.45) is 0 Å². The number of hydrogen-bond acceptors (Lipinski definition) is 3. The van der Waals surface area contributed by atoms with Crippen molar-refractivity contribution in [2.75, 3.05) is 38.1 Å². The van der Waals surface area contributed by atoms with Gasteiger partial charge in [-0.1, -0.05) is 42.5 Å². The Kier molecular flexibility index (Phi) is 3.75. The number of nitrogens with zero attached hydrogens (tertiary/aromatic N) is 3. The lowest BCUT2D eigenvalue weighted by atomic mass is 10.0. The van der Waals surface area contributed by atoms with Gasteiger partial charge in [0.15, 0.2) is 0 Å². The number of H-pyrrole nitrogens is 1. The Labute approximate surface area is 136 Å². The number of para-hydroxylation sites is 1. The Balaban J connectivity index is 1.65. The van der Waals surface area contributed by atoms with E-state index in [0.717, 1.165) is 49.6 Å². The minimum Gasteiger partial charge on any atom is -0.340 e. The van der Waals surface area contributed by atoms with Crippen molar-refractivity contribution in [1.29, 1.82) is 0 Å². The van der Waals surface area contributed by atoms with Crippen molar-refractivity contribution < 1.29 is 0 Å². The van der Waals surface area contributed by atoms with Crippen molar-refractivity contribution in [1.82, 2.24) is 14.9 Å². The molecule has 0 bridgehead atoms. The quantitative estimate of drug-likeness (QED) is 0.808. The zero-order chi connectivity index (χ0) is 15.6. The summed E-state index contributed by atoms with van der Waals surface area (Å²) in [6, 6.07) is 17.0. The average molecular weight is 306 g/mol. The minimum atomic E-state index is 0.922. The molecule has 2 heterocycles. The van der Waals surface area contributed by atoms with Crippen molar-refractivity contribution in [2.45, 2.75) is 6.42 Å². The zero-order valence-electron chi connectivity index (χ0n) is 13.5. The van der Waals surface area contributed by atoms with Crippen molar-refractivity contribution in [3.05, 3.63) is 59.7 Å². The summed E-state index contributed by atoms with van der Waals surface area (Å²) in [5.74, 6) is 1.01. The van der Waals surface area contributed by atoms with E-state index in [2.05, 4.69) is 70.4 Å². The van der Waals surface area contributed by atoms with Crippen molar-refractivity contribution >= 4 is 17.0 Å². The maximum absolute atomic E-state index is 4.91. The van der Waals surface area contributed by atoms with Gasteiger partial charge in [0.05, 0.1) is 11.0 Å². The highest BCUT2D eigenvalue weighted by atomic mass is 15.3. The van der Waals surface area contributed by atoms with Crippen LogP contribution in [0.3, 0.4) is 0 Å². The van der Waals surface area contributed by atoms with E-state index in [1.54, 1.807) is 0 Å². The molecule has 0 amide bonds. The fourth-order valence-electron chi connectivity index (χ4n) is 3.20. The van der Waals surface area contributed by atoms with Crippen molar-refractivity contribution in [3.63, 3.8) is 0 Å². The van der Waals surface area contributed by atoms with Crippen LogP contribution < -0.4 is 4.90 Å². The molecule has 0 saturated carbocycles. The Hall–Kier alpha value is -2.33. The van der Waals surface area contributed by atoms with Gasteiger partial charge in [-0.3, -0.25) is 0 Å². The summed E-state index contributed by atoms with van der Waals surface area (Å²) in [7, 11) is 2.17. The van der Waals surface area contributed by atoms with Crippen LogP contribution in [0.4, 0.5) is 5.95 Å². The summed E-state index contributed by atoms with van der Waals surface area (Å²) in [4.78, 5) is 13.1. The number of fused-ring (bicyclic) bond motifs is 1. The molecule has 3 aromatic rings. The van der Waals surface area contributed by atoms with Crippen LogP contribution in [0.25, 0.3) is 11.0 Å². The average Bonchev–Trinajstić information content (AvgIpc) is 3.02. The number of anilines is 1. The summed E-state index contributed by atoms with van der Waals surface area (Å²) in [6.07, 6.45) is 0.922. The monoisotopic (exact) mass is 306 g/mol. The van der Waals surface area contributed by atoms with Gasteiger partial charge in [-0.25, -0.2) is 4.98 Å². The van der Waals surface area contributed by atoms with Crippen LogP contribution in [-0.4, -0.2) is 48.1 Å². The summed E-state index contributed by atoms with van der Waals surface area (Å²) in [5, 5.41) is 0. The molecule has 1 fully saturated rings. The van der Waals surface area contributed by atoms with E-state index in [1.165, 1.54) is 11.1 Å². The van der Waals surface area contributed by atoms with Gasteiger partial charge < -0.3 is 14.8 Å². The Morgan fingerprint density at radius 1 is 0.957 bits per heavy atom. The number of imidazole rings is 1. The molecule has 0 spiro atoms. The smallest absolute Gasteiger partial charge is 0.203 e. The molecule has 1 aliphatic rings. The van der Waals surface area contributed by atoms with E-state index in [4.69, 9.17) is 4.98 Å². The SMILES string of the molecule is CN1CCN(c2nc3c(Cc4ccccc4)cccc3[nH]2)CC1. The lowest BCUT2D eigenvalue weighted by Gasteiger charge is -2.32. The molecular weight excluding hydrogens is 284 g/mol. The van der Waals surface area contributed by atoms with E-state index in [-0.39, 0.29) is 0 Å². The fraction of sp³-hybridized carbons (Fsp3) is 0.316. The van der Waals surface area contributed by atoms with E-state index < -0.39 is 0 Å². The van der Waals surface area contributed by atoms with E-state index in [9.17, 15) is 0 Å². The van der Waals surface area contributed by atoms with Crippen LogP contribution in [0.5, 0.6) is 0 Å². The maximum Gasteiger partial charge on any atom is 0.203 e. The standard InChI is InChI=1S/C19H22N4/c1-22-10-12-23(13-11-22)19-20-17-9-5-8-16(18(17)21-19)14-15-6-3-2-4-7-15/h2-9H,10-14H2,1H3,(H,20,21). The third kappa shape index (κ3) is 2.94. The molecule has 1 saturated heterocycles. The number of nitrogens with one attached hydrogen (secondary N) is 1. The lowest BCUT2D eigenvalue weighted by molar-refractivity contribution is 0.311. The van der Waals surface area contributed by atoms with Gasteiger partial charge in [-0.2, -0.15) is 0 Å². The van der Waals surface area contributed by atoms with Gasteiger partial charge in [-0.15, -0.1) is 0 Å². The first-order valence-corrected chi connectivity index (χ1v) is 8.24. The summed E-state index contributed by atoms with van der Waals surface area (Å²) in [6.45, 7) is 4.25. The summed E-state index contributed by atoms with van der Waals surface area (Å²) >= 11 is 0. The maximum atomic E-state index is 4.91. The molecule has 0 unspecified atom stereocenters. The van der Waals surface area contributed by atoms with E-state index in [1.807, 2.05) is 0 Å². The normalized spacial score (nSPS) is 16.1. The molecule has 4 heteroatoms. The number of piperazine rings is 1. The van der Waals surface area contributed by atoms with Gasteiger partial charge in [-0.05, 0) is 30.7 Å². The molecule has 0 atom stereocenters. The molecule has 0 radical (unpaired) electrons. The Morgan fingerprint density at radius 3 is 2.52 bits per heavy atom. The highest BCUT2D eigenvalue weighted by molar-refractivity contribution is 5.81. The second-order valence-electron chi connectivity index (χ2n) is 6.33. The molecule has 1 N–H and O–H groups in total. The second kappa shape index (κ2) is 6.05. The summed E-state index contributed by atoms with van der Waals surface area (Å²) < 4.78 is 0. The van der Waals surface area contributed by atoms with Gasteiger partial charge in [0.1, 0.15) is 0 Å². The molecule has 2 aromatic carbocycles. The topological polar surface area (TPSA) is 35.2 Å². The summed E-state index contributed by atoms with van der Waals surface area (Å²) in [5.41, 5.74) is 4.84. The van der Waals surface area contributed by atoms with Crippen molar-refractivity contribution in [3.8, 4) is 0 Å². The molecule has 4 rings (SSSR count). The molecule has 0 aliphatic carbocycles. The van der Waals surface area contributed by atoms with Crippen LogP contribution in [0.1, 0.15) is 11.1 Å². The van der Waals surface area contributed by atoms with Crippen LogP contribution >= 0.6 is 0 Å². The predicted molar refractivity (Wildman–Crippen MR) is 95.1 cm³/mol.